The molecule has 12 heavy (non-hydrogen) atoms. The minimum absolute atomic E-state index is 0.726. The number of carboxylic acids is 1. The molecule has 0 bridgehead atoms. The normalized spacial score (nSPS) is 28.4. The molecule has 1 aromatic rings. The molecule has 0 radical (unpaired) electrons. The van der Waals surface area contributed by atoms with Crippen molar-refractivity contribution >= 4 is 5.97 Å². The van der Waals surface area contributed by atoms with Gasteiger partial charge in [0.1, 0.15) is 8.84 Å². The molecule has 0 spiro atoms. The van der Waals surface area contributed by atoms with Crippen LogP contribution in [0, 0.1) is 0 Å². The predicted octanol–water partition coefficient (Wildman–Crippen LogP) is 0.641. The highest BCUT2D eigenvalue weighted by atomic mass is 16.4. The van der Waals surface area contributed by atoms with E-state index in [-0.39, 0.29) is 0 Å². The van der Waals surface area contributed by atoms with E-state index in [1.54, 1.807) is 0 Å². The third-order valence-corrected chi connectivity index (χ3v) is 0.946. The van der Waals surface area contributed by atoms with Crippen LogP contribution in [0.3, 0.4) is 0 Å². The van der Waals surface area contributed by atoms with Gasteiger partial charge in [-0.15, -0.1) is 0 Å². The summed E-state index contributed by atoms with van der Waals surface area (Å²) in [5.74, 6) is -2.21. The van der Waals surface area contributed by atoms with Crippen molar-refractivity contribution < 1.29 is 23.7 Å². The van der Waals surface area contributed by atoms with Gasteiger partial charge in [-0.3, -0.25) is 4.79 Å². The maximum atomic E-state index is 11.2. The van der Waals surface area contributed by atoms with Crippen molar-refractivity contribution in [2.24, 2.45) is 5.72 Å². The van der Waals surface area contributed by atoms with E-state index in [2.05, 4.69) is 0 Å². The fraction of sp³-hybridized carbons (Fsp3) is 0.222. The highest BCUT2D eigenvalue weighted by molar-refractivity contribution is 5.73. The van der Waals surface area contributed by atoms with Crippen LogP contribution < -0.4 is 5.72 Å². The lowest BCUT2D eigenvalue weighted by Crippen LogP contribution is -2.32. The second kappa shape index (κ2) is 3.88. The third-order valence-electron chi connectivity index (χ3n) is 0.946. The predicted molar refractivity (Wildman–Crippen MR) is 45.8 cm³/mol. The maximum absolute atomic E-state index is 11.2. The highest BCUT2D eigenvalue weighted by Crippen LogP contribution is 2.01. The second-order valence-electron chi connectivity index (χ2n) is 1.78. The van der Waals surface area contributed by atoms with Crippen LogP contribution in [-0.2, 0) is 11.2 Å². The van der Waals surface area contributed by atoms with Crippen LogP contribution in [0.5, 0.6) is 0 Å². The highest BCUT2D eigenvalue weighted by Gasteiger charge is 2.10. The SMILES string of the molecule is [2H]c1c([2H])c([2H])c(C([2H])([2H])[C@@]([2H])(C(=O)O)N([2H])[2H])c([2H])c1[2H]. The Labute approximate surface area is 85.0 Å². The first-order valence-corrected chi connectivity index (χ1v) is 2.90. The second-order valence-corrected chi connectivity index (χ2v) is 1.78. The van der Waals surface area contributed by atoms with Gasteiger partial charge >= 0.3 is 5.97 Å². The van der Waals surface area contributed by atoms with E-state index < -0.39 is 59.9 Å². The summed E-state index contributed by atoms with van der Waals surface area (Å²) in [6.45, 7) is 0. The lowest BCUT2D eigenvalue weighted by molar-refractivity contribution is -0.138. The summed E-state index contributed by atoms with van der Waals surface area (Å²) in [6.07, 6.45) is -3.43. The molecule has 0 unspecified atom stereocenters. The molecule has 3 N–H and O–H groups in total. The topological polar surface area (TPSA) is 63.3 Å². The number of benzene rings is 1. The van der Waals surface area contributed by atoms with Crippen molar-refractivity contribution in [3.05, 3.63) is 35.8 Å². The van der Waals surface area contributed by atoms with Crippen LogP contribution in [0.25, 0.3) is 0 Å². The van der Waals surface area contributed by atoms with E-state index in [4.69, 9.17) is 18.9 Å². The van der Waals surface area contributed by atoms with Crippen molar-refractivity contribution in [1.29, 1.82) is 0 Å². The van der Waals surface area contributed by atoms with Gasteiger partial charge in [0.05, 0.1) is 8.22 Å². The Morgan fingerprint density at radius 1 is 1.83 bits per heavy atom. The molecule has 0 aliphatic carbocycles. The molecule has 3 nitrogen and oxygen atoms in total. The molecule has 0 heterocycles. The molecule has 1 atom stereocenters. The molecule has 0 aliphatic heterocycles. The summed E-state index contributed by atoms with van der Waals surface area (Å²) >= 11 is 0. The third kappa shape index (κ3) is 2.36. The summed E-state index contributed by atoms with van der Waals surface area (Å²) in [6, 6.07) is -8.23. The molecule has 1 aromatic carbocycles. The van der Waals surface area contributed by atoms with Crippen molar-refractivity contribution in [2.45, 2.75) is 12.4 Å². The van der Waals surface area contributed by atoms with E-state index in [1.165, 1.54) is 0 Å². The Kier molecular flexibility index (Phi) is 0.751. The number of aliphatic carboxylic acids is 1. The van der Waals surface area contributed by atoms with Crippen LogP contribution in [0.4, 0.5) is 0 Å². The molecule has 1 rings (SSSR count). The molecule has 0 fully saturated rings. The monoisotopic (exact) mass is 175 g/mol. The Morgan fingerprint density at radius 2 is 2.50 bits per heavy atom. The van der Waals surface area contributed by atoms with Crippen molar-refractivity contribution in [3.63, 3.8) is 0 Å². The van der Waals surface area contributed by atoms with Gasteiger partial charge in [-0.05, 0) is 11.9 Å². The largest absolute Gasteiger partial charge is 0.480 e. The van der Waals surface area contributed by atoms with Gasteiger partial charge in [0.2, 0.25) is 0 Å². The van der Waals surface area contributed by atoms with Gasteiger partial charge in [-0.25, -0.2) is 0 Å². The summed E-state index contributed by atoms with van der Waals surface area (Å²) < 4.78 is 74.7. The number of carbonyl (C=O) groups is 1. The Morgan fingerprint density at radius 3 is 3.00 bits per heavy atom. The van der Waals surface area contributed by atoms with Crippen LogP contribution in [0.2, 0.25) is 2.82 Å². The van der Waals surface area contributed by atoms with Gasteiger partial charge < -0.3 is 10.8 Å². The first-order chi connectivity index (χ1) is 9.81. The van der Waals surface area contributed by atoms with Gasteiger partial charge in [0.25, 0.3) is 0 Å². The summed E-state index contributed by atoms with van der Waals surface area (Å²) in [5, 5.41) is 9.01. The molecule has 0 saturated heterocycles. The van der Waals surface area contributed by atoms with E-state index in [1.807, 2.05) is 0 Å². The fourth-order valence-corrected chi connectivity index (χ4v) is 0.484. The number of hydrogen-bond acceptors (Lipinski definition) is 2. The molecule has 0 aromatic heterocycles. The van der Waals surface area contributed by atoms with Crippen LogP contribution in [0.15, 0.2) is 30.2 Å². The van der Waals surface area contributed by atoms with Gasteiger partial charge in [0.15, 0.2) is 0 Å². The smallest absolute Gasteiger partial charge is 0.320 e. The van der Waals surface area contributed by atoms with E-state index in [0.29, 0.717) is 0 Å². The van der Waals surface area contributed by atoms with Crippen LogP contribution in [-0.4, -0.2) is 17.1 Å². The number of rotatable bonds is 4. The Balaban J connectivity index is 3.84. The lowest BCUT2D eigenvalue weighted by Gasteiger charge is -2.04. The van der Waals surface area contributed by atoms with Crippen LogP contribution >= 0.6 is 0 Å². The minimum Gasteiger partial charge on any atom is -0.480 e. The molecule has 64 valence electrons. The van der Waals surface area contributed by atoms with Gasteiger partial charge in [-0.2, -0.15) is 0 Å². The molecule has 3 heteroatoms. The van der Waals surface area contributed by atoms with Gasteiger partial charge in [0, 0.05) is 2.74 Å². The zero-order valence-corrected chi connectivity index (χ0v) is 5.80. The molecule has 0 saturated carbocycles. The summed E-state index contributed by atoms with van der Waals surface area (Å²) in [5.41, 5.74) is -1.82. The summed E-state index contributed by atoms with van der Waals surface area (Å²) in [4.78, 5) is 11.2. The first kappa shape index (κ1) is 2.33. The molecule has 0 aliphatic rings. The van der Waals surface area contributed by atoms with Crippen molar-refractivity contribution in [3.8, 4) is 0 Å². The zero-order valence-electron chi connectivity index (χ0n) is 15.8. The van der Waals surface area contributed by atoms with Crippen LogP contribution in [0.1, 0.15) is 16.5 Å². The number of hydrogen-bond donors (Lipinski definition) is 2. The Bertz CT molecular complexity index is 604. The Hall–Kier alpha value is -1.35. The average molecular weight is 175 g/mol. The number of carboxylic acid groups (broad SMARTS) is 1. The van der Waals surface area contributed by atoms with Gasteiger partial charge in [-0.1, -0.05) is 30.2 Å². The fourth-order valence-electron chi connectivity index (χ4n) is 0.484. The van der Waals surface area contributed by atoms with E-state index in [9.17, 15) is 4.79 Å². The standard InChI is InChI=1S/C9H11NO2/c10-8(9(11)12)6-7-4-2-1-3-5-7/h1-5,8H,6,10H2,(H,11,12)/t8-/m0/s1/i1D,2D,3D,4D,5D,6D2,8D/hD2. The zero-order chi connectivity index (χ0) is 17.6. The van der Waals surface area contributed by atoms with Crippen molar-refractivity contribution in [1.82, 2.24) is 0 Å². The molecular formula is C9H11NO2. The lowest BCUT2D eigenvalue weighted by atomic mass is 10.1. The number of nitrogens with two attached hydrogens (primary N) is 1. The maximum Gasteiger partial charge on any atom is 0.320 e. The van der Waals surface area contributed by atoms with E-state index >= 15 is 0 Å². The average Bonchev–Trinajstić information content (AvgIpc) is 2.41. The van der Waals surface area contributed by atoms with Crippen molar-refractivity contribution in [2.75, 3.05) is 0 Å². The summed E-state index contributed by atoms with van der Waals surface area (Å²) in [7, 11) is 0. The minimum atomic E-state index is -3.54. The van der Waals surface area contributed by atoms with E-state index in [0.717, 1.165) is 0 Å². The quantitative estimate of drug-likeness (QED) is 0.706. The first-order valence-electron chi connectivity index (χ1n) is 7.80. The molecular weight excluding hydrogens is 154 g/mol. The molecule has 0 amide bonds.